The van der Waals surface area contributed by atoms with Gasteiger partial charge in [-0.05, 0) is 44.7 Å². The van der Waals surface area contributed by atoms with Gasteiger partial charge in [0.05, 0.1) is 11.9 Å². The number of amides is 1. The Hall–Kier alpha value is -2.90. The first-order chi connectivity index (χ1) is 12.5. The predicted octanol–water partition coefficient (Wildman–Crippen LogP) is 1.33. The van der Waals surface area contributed by atoms with E-state index >= 15 is 0 Å². The number of aryl methyl sites for hydroxylation is 1. The first-order valence-electron chi connectivity index (χ1n) is 8.86. The molecule has 0 aromatic carbocycles. The van der Waals surface area contributed by atoms with Gasteiger partial charge in [0.25, 0.3) is 5.56 Å². The summed E-state index contributed by atoms with van der Waals surface area (Å²) >= 11 is 0. The Morgan fingerprint density at radius 2 is 1.96 bits per heavy atom. The van der Waals surface area contributed by atoms with Crippen LogP contribution in [0.15, 0.2) is 27.9 Å². The van der Waals surface area contributed by atoms with Crippen LogP contribution in [-0.2, 0) is 11.2 Å². The number of anilines is 2. The molecule has 3 heterocycles. The van der Waals surface area contributed by atoms with Gasteiger partial charge in [-0.1, -0.05) is 0 Å². The van der Waals surface area contributed by atoms with E-state index in [1.165, 1.54) is 19.3 Å². The van der Waals surface area contributed by atoms with Crippen molar-refractivity contribution < 1.29 is 4.79 Å². The fraction of sp³-hybridized carbons (Fsp3) is 0.444. The second-order valence-corrected chi connectivity index (χ2v) is 6.51. The summed E-state index contributed by atoms with van der Waals surface area (Å²) in [6, 6.07) is 3.75. The molecule has 8 nitrogen and oxygen atoms in total. The molecule has 1 aliphatic rings. The van der Waals surface area contributed by atoms with Crippen molar-refractivity contribution in [2.45, 2.75) is 39.0 Å². The van der Waals surface area contributed by atoms with E-state index < -0.39 is 11.2 Å². The van der Waals surface area contributed by atoms with Gasteiger partial charge < -0.3 is 15.2 Å². The standard InChI is InChI=1S/C18H23N5O3/c1-12-14(17(25)22-18(26)20-12)6-8-16(24)21-13-5-7-15(19-11-13)23-9-3-2-4-10-23/h5,7,11H,2-4,6,8-10H2,1H3,(H,21,24)(H2,20,22,25,26). The summed E-state index contributed by atoms with van der Waals surface area (Å²) < 4.78 is 0. The number of pyridine rings is 1. The van der Waals surface area contributed by atoms with E-state index in [2.05, 4.69) is 25.2 Å². The van der Waals surface area contributed by atoms with Crippen LogP contribution in [0.2, 0.25) is 0 Å². The van der Waals surface area contributed by atoms with Crippen LogP contribution in [0.1, 0.15) is 36.9 Å². The molecule has 2 aromatic heterocycles. The molecule has 1 amide bonds. The van der Waals surface area contributed by atoms with Gasteiger partial charge >= 0.3 is 5.69 Å². The summed E-state index contributed by atoms with van der Waals surface area (Å²) in [4.78, 5) is 46.5. The molecule has 0 atom stereocenters. The van der Waals surface area contributed by atoms with E-state index in [4.69, 9.17) is 0 Å². The van der Waals surface area contributed by atoms with Gasteiger partial charge in [-0.25, -0.2) is 9.78 Å². The lowest BCUT2D eigenvalue weighted by atomic mass is 10.1. The van der Waals surface area contributed by atoms with Gasteiger partial charge in [-0.15, -0.1) is 0 Å². The van der Waals surface area contributed by atoms with E-state index in [0.717, 1.165) is 18.9 Å². The Morgan fingerprint density at radius 1 is 1.19 bits per heavy atom. The maximum Gasteiger partial charge on any atom is 0.325 e. The van der Waals surface area contributed by atoms with Crippen molar-refractivity contribution in [3.63, 3.8) is 0 Å². The Kier molecular flexibility index (Phi) is 5.50. The molecule has 0 bridgehead atoms. The summed E-state index contributed by atoms with van der Waals surface area (Å²) in [6.45, 7) is 3.69. The highest BCUT2D eigenvalue weighted by Gasteiger charge is 2.13. The van der Waals surface area contributed by atoms with Crippen molar-refractivity contribution >= 4 is 17.4 Å². The Morgan fingerprint density at radius 3 is 2.62 bits per heavy atom. The van der Waals surface area contributed by atoms with Crippen molar-refractivity contribution in [2.24, 2.45) is 0 Å². The van der Waals surface area contributed by atoms with Gasteiger partial charge in [-0.3, -0.25) is 14.6 Å². The maximum absolute atomic E-state index is 12.1. The summed E-state index contributed by atoms with van der Waals surface area (Å²) in [6.07, 6.45) is 5.68. The molecule has 138 valence electrons. The smallest absolute Gasteiger partial charge is 0.325 e. The lowest BCUT2D eigenvalue weighted by Gasteiger charge is -2.27. The Labute approximate surface area is 150 Å². The van der Waals surface area contributed by atoms with Gasteiger partial charge in [0.2, 0.25) is 5.91 Å². The topological polar surface area (TPSA) is 111 Å². The third-order valence-corrected chi connectivity index (χ3v) is 4.57. The van der Waals surface area contributed by atoms with Crippen molar-refractivity contribution in [2.75, 3.05) is 23.3 Å². The first-order valence-corrected chi connectivity index (χ1v) is 8.86. The van der Waals surface area contributed by atoms with Crippen LogP contribution in [0.5, 0.6) is 0 Å². The lowest BCUT2D eigenvalue weighted by Crippen LogP contribution is -2.30. The molecule has 26 heavy (non-hydrogen) atoms. The number of carbonyl (C=O) groups excluding carboxylic acids is 1. The average molecular weight is 357 g/mol. The monoisotopic (exact) mass is 357 g/mol. The van der Waals surface area contributed by atoms with Crippen molar-refractivity contribution in [1.82, 2.24) is 15.0 Å². The highest BCUT2D eigenvalue weighted by atomic mass is 16.2. The van der Waals surface area contributed by atoms with Crippen LogP contribution in [0.3, 0.4) is 0 Å². The fourth-order valence-corrected chi connectivity index (χ4v) is 3.16. The molecule has 3 rings (SSSR count). The third kappa shape index (κ3) is 4.38. The summed E-state index contributed by atoms with van der Waals surface area (Å²) in [5, 5.41) is 2.79. The predicted molar refractivity (Wildman–Crippen MR) is 99.7 cm³/mol. The molecule has 3 N–H and O–H groups in total. The molecular weight excluding hydrogens is 334 g/mol. The normalized spacial score (nSPS) is 14.3. The third-order valence-electron chi connectivity index (χ3n) is 4.57. The van der Waals surface area contributed by atoms with E-state index in [1.807, 2.05) is 12.1 Å². The molecule has 0 unspecified atom stereocenters. The summed E-state index contributed by atoms with van der Waals surface area (Å²) in [5.74, 6) is 0.723. The van der Waals surface area contributed by atoms with Gasteiger partial charge in [0, 0.05) is 30.8 Å². The van der Waals surface area contributed by atoms with Crippen molar-refractivity contribution in [3.05, 3.63) is 50.4 Å². The van der Waals surface area contributed by atoms with Crippen LogP contribution in [0.4, 0.5) is 11.5 Å². The number of aromatic amines is 2. The van der Waals surface area contributed by atoms with Crippen LogP contribution in [0, 0.1) is 6.92 Å². The molecule has 1 aliphatic heterocycles. The van der Waals surface area contributed by atoms with E-state index in [0.29, 0.717) is 16.9 Å². The molecular formula is C18H23N5O3. The molecule has 2 aromatic rings. The summed E-state index contributed by atoms with van der Waals surface area (Å²) in [7, 11) is 0. The minimum atomic E-state index is -0.541. The second-order valence-electron chi connectivity index (χ2n) is 6.51. The highest BCUT2D eigenvalue weighted by molar-refractivity contribution is 5.90. The van der Waals surface area contributed by atoms with Gasteiger partial charge in [0.15, 0.2) is 0 Å². The maximum atomic E-state index is 12.1. The zero-order valence-electron chi connectivity index (χ0n) is 14.8. The highest BCUT2D eigenvalue weighted by Crippen LogP contribution is 2.19. The van der Waals surface area contributed by atoms with Crippen LogP contribution in [0.25, 0.3) is 0 Å². The number of H-pyrrole nitrogens is 2. The minimum absolute atomic E-state index is 0.143. The molecule has 8 heteroatoms. The summed E-state index contributed by atoms with van der Waals surface area (Å²) in [5.41, 5.74) is 0.535. The van der Waals surface area contributed by atoms with Crippen molar-refractivity contribution in [1.29, 1.82) is 0 Å². The number of nitrogens with zero attached hydrogens (tertiary/aromatic N) is 2. The van der Waals surface area contributed by atoms with E-state index in [1.54, 1.807) is 13.1 Å². The Bertz CT molecular complexity index is 879. The number of aromatic nitrogens is 3. The average Bonchev–Trinajstić information content (AvgIpc) is 2.62. The quantitative estimate of drug-likeness (QED) is 0.747. The van der Waals surface area contributed by atoms with E-state index in [-0.39, 0.29) is 18.7 Å². The lowest BCUT2D eigenvalue weighted by molar-refractivity contribution is -0.116. The zero-order valence-corrected chi connectivity index (χ0v) is 14.8. The van der Waals surface area contributed by atoms with E-state index in [9.17, 15) is 14.4 Å². The minimum Gasteiger partial charge on any atom is -0.357 e. The molecule has 0 saturated carbocycles. The van der Waals surface area contributed by atoms with Gasteiger partial charge in [-0.2, -0.15) is 0 Å². The fourth-order valence-electron chi connectivity index (χ4n) is 3.16. The molecule has 0 aliphatic carbocycles. The number of hydrogen-bond donors (Lipinski definition) is 3. The van der Waals surface area contributed by atoms with Crippen molar-refractivity contribution in [3.8, 4) is 0 Å². The van der Waals surface area contributed by atoms with Gasteiger partial charge in [0.1, 0.15) is 5.82 Å². The number of piperidine rings is 1. The van der Waals surface area contributed by atoms with Crippen LogP contribution >= 0.6 is 0 Å². The second kappa shape index (κ2) is 7.99. The first kappa shape index (κ1) is 17.9. The molecule has 1 saturated heterocycles. The molecule has 0 spiro atoms. The number of carbonyl (C=O) groups is 1. The number of rotatable bonds is 5. The largest absolute Gasteiger partial charge is 0.357 e. The number of nitrogens with one attached hydrogen (secondary N) is 3. The molecule has 0 radical (unpaired) electrons. The number of hydrogen-bond acceptors (Lipinski definition) is 5. The van der Waals surface area contributed by atoms with Crippen LogP contribution < -0.4 is 21.5 Å². The molecule has 1 fully saturated rings. The van der Waals surface area contributed by atoms with Crippen LogP contribution in [-0.4, -0.2) is 33.9 Å². The zero-order chi connectivity index (χ0) is 18.5. The SMILES string of the molecule is Cc1[nH]c(=O)[nH]c(=O)c1CCC(=O)Nc1ccc(N2CCCCC2)nc1. The Balaban J connectivity index is 1.56.